The van der Waals surface area contributed by atoms with E-state index in [2.05, 4.69) is 5.32 Å². The predicted molar refractivity (Wildman–Crippen MR) is 104 cm³/mol. The normalized spacial score (nSPS) is 10.9. The lowest BCUT2D eigenvalue weighted by Crippen LogP contribution is -2.18. The second-order valence-electron chi connectivity index (χ2n) is 6.05. The Morgan fingerprint density at radius 1 is 1.00 bits per heavy atom. The zero-order chi connectivity index (χ0) is 18.8. The zero-order valence-electron chi connectivity index (χ0n) is 14.2. The molecule has 27 heavy (non-hydrogen) atoms. The van der Waals surface area contributed by atoms with E-state index in [1.165, 1.54) is 6.26 Å². The van der Waals surface area contributed by atoms with Crippen LogP contribution in [0.2, 0.25) is 5.02 Å². The van der Waals surface area contributed by atoms with Crippen LogP contribution in [-0.4, -0.2) is 16.3 Å². The van der Waals surface area contributed by atoms with Crippen molar-refractivity contribution in [3.63, 3.8) is 0 Å². The number of rotatable bonds is 5. The molecule has 4 rings (SSSR count). The zero-order valence-corrected chi connectivity index (χ0v) is 14.9. The predicted octanol–water partition coefficient (Wildman–Crippen LogP) is 4.76. The van der Waals surface area contributed by atoms with Crippen LogP contribution in [0.15, 0.2) is 77.5 Å². The molecule has 134 valence electrons. The number of furan rings is 1. The monoisotopic (exact) mass is 378 g/mol. The Morgan fingerprint density at radius 2 is 1.78 bits per heavy atom. The maximum atomic E-state index is 12.7. The molecular weight excluding hydrogens is 364 g/mol. The van der Waals surface area contributed by atoms with Gasteiger partial charge in [0.2, 0.25) is 11.7 Å². The number of carbonyl (C=O) groups excluding carboxylic acids is 2. The van der Waals surface area contributed by atoms with Gasteiger partial charge in [0.15, 0.2) is 5.76 Å². The number of ketones is 1. The molecule has 0 saturated heterocycles. The summed E-state index contributed by atoms with van der Waals surface area (Å²) in [5, 5.41) is 4.20. The average Bonchev–Trinajstić information content (AvgIpc) is 3.32. The number of para-hydroxylation sites is 1. The Morgan fingerprint density at radius 3 is 2.52 bits per heavy atom. The molecule has 1 amide bonds. The van der Waals surface area contributed by atoms with Crippen molar-refractivity contribution in [2.24, 2.45) is 0 Å². The number of hydrogen-bond acceptors (Lipinski definition) is 3. The Hall–Kier alpha value is -3.31. The van der Waals surface area contributed by atoms with Gasteiger partial charge < -0.3 is 14.3 Å². The minimum atomic E-state index is -0.215. The molecule has 6 heteroatoms. The number of hydrogen-bond donors (Lipinski definition) is 1. The lowest BCUT2D eigenvalue weighted by Gasteiger charge is -2.07. The van der Waals surface area contributed by atoms with Gasteiger partial charge in [0.1, 0.15) is 6.54 Å². The second kappa shape index (κ2) is 7.13. The molecule has 4 aromatic rings. The standard InChI is InChI=1S/C21H15ClN2O3/c22-14-7-9-15(10-8-14)23-20(25)13-24-12-17(16-4-1-2-5-18(16)24)21(26)19-6-3-11-27-19/h1-12H,13H2,(H,23,25). The number of aromatic nitrogens is 1. The molecule has 0 bridgehead atoms. The van der Waals surface area contributed by atoms with Crippen LogP contribution in [0.25, 0.3) is 10.9 Å². The third kappa shape index (κ3) is 3.50. The fraction of sp³-hybridized carbons (Fsp3) is 0.0476. The Bertz CT molecular complexity index is 1110. The minimum Gasteiger partial charge on any atom is -0.461 e. The first-order valence-electron chi connectivity index (χ1n) is 8.33. The van der Waals surface area contributed by atoms with E-state index in [9.17, 15) is 9.59 Å². The highest BCUT2D eigenvalue weighted by Gasteiger charge is 2.19. The smallest absolute Gasteiger partial charge is 0.244 e. The lowest BCUT2D eigenvalue weighted by molar-refractivity contribution is -0.116. The summed E-state index contributed by atoms with van der Waals surface area (Å²) in [6.07, 6.45) is 3.16. The fourth-order valence-electron chi connectivity index (χ4n) is 2.99. The third-order valence-corrected chi connectivity index (χ3v) is 4.47. The maximum Gasteiger partial charge on any atom is 0.244 e. The first-order valence-corrected chi connectivity index (χ1v) is 8.71. The number of carbonyl (C=O) groups is 2. The highest BCUT2D eigenvalue weighted by Crippen LogP contribution is 2.24. The van der Waals surface area contributed by atoms with E-state index in [0.717, 1.165) is 10.9 Å². The molecule has 0 aliphatic heterocycles. The Kier molecular flexibility index (Phi) is 4.52. The van der Waals surface area contributed by atoms with Crippen molar-refractivity contribution in [2.45, 2.75) is 6.54 Å². The molecular formula is C21H15ClN2O3. The molecule has 2 heterocycles. The van der Waals surface area contributed by atoms with E-state index in [4.69, 9.17) is 16.0 Å². The van der Waals surface area contributed by atoms with E-state index in [1.807, 2.05) is 24.3 Å². The molecule has 0 unspecified atom stereocenters. The molecule has 0 aliphatic rings. The number of benzene rings is 2. The third-order valence-electron chi connectivity index (χ3n) is 4.22. The average molecular weight is 379 g/mol. The van der Waals surface area contributed by atoms with Gasteiger partial charge >= 0.3 is 0 Å². The van der Waals surface area contributed by atoms with Crippen LogP contribution in [-0.2, 0) is 11.3 Å². The van der Waals surface area contributed by atoms with Crippen molar-refractivity contribution in [1.29, 1.82) is 0 Å². The Balaban J connectivity index is 1.63. The maximum absolute atomic E-state index is 12.7. The summed E-state index contributed by atoms with van der Waals surface area (Å²) in [4.78, 5) is 25.2. The van der Waals surface area contributed by atoms with Crippen molar-refractivity contribution in [3.8, 4) is 0 Å². The SMILES string of the molecule is O=C(Cn1cc(C(=O)c2ccco2)c2ccccc21)Nc1ccc(Cl)cc1. The van der Waals surface area contributed by atoms with Crippen molar-refractivity contribution in [2.75, 3.05) is 5.32 Å². The molecule has 0 radical (unpaired) electrons. The van der Waals surface area contributed by atoms with Gasteiger partial charge in [-0.3, -0.25) is 9.59 Å². The molecule has 0 aliphatic carbocycles. The summed E-state index contributed by atoms with van der Waals surface area (Å²) in [5.41, 5.74) is 1.96. The number of nitrogens with one attached hydrogen (secondary N) is 1. The van der Waals surface area contributed by atoms with Crippen molar-refractivity contribution in [1.82, 2.24) is 4.57 Å². The van der Waals surface area contributed by atoms with Crippen LogP contribution in [0.3, 0.4) is 0 Å². The van der Waals surface area contributed by atoms with Crippen molar-refractivity contribution >= 4 is 39.9 Å². The van der Waals surface area contributed by atoms with Gasteiger partial charge in [-0.15, -0.1) is 0 Å². The van der Waals surface area contributed by atoms with Crippen LogP contribution < -0.4 is 5.32 Å². The molecule has 0 saturated carbocycles. The molecule has 0 fully saturated rings. The van der Waals surface area contributed by atoms with E-state index < -0.39 is 0 Å². The van der Waals surface area contributed by atoms with Crippen LogP contribution >= 0.6 is 11.6 Å². The van der Waals surface area contributed by atoms with Crippen LogP contribution in [0.4, 0.5) is 5.69 Å². The van der Waals surface area contributed by atoms with Crippen LogP contribution in [0.5, 0.6) is 0 Å². The van der Waals surface area contributed by atoms with Crippen molar-refractivity contribution < 1.29 is 14.0 Å². The molecule has 0 atom stereocenters. The van der Waals surface area contributed by atoms with Gasteiger partial charge in [0.05, 0.1) is 11.8 Å². The fourth-order valence-corrected chi connectivity index (χ4v) is 3.11. The highest BCUT2D eigenvalue weighted by molar-refractivity contribution is 6.30. The number of fused-ring (bicyclic) bond motifs is 1. The molecule has 0 spiro atoms. The largest absolute Gasteiger partial charge is 0.461 e. The first-order chi connectivity index (χ1) is 13.1. The highest BCUT2D eigenvalue weighted by atomic mass is 35.5. The quantitative estimate of drug-likeness (QED) is 0.509. The van der Waals surface area contributed by atoms with Gasteiger partial charge in [-0.2, -0.15) is 0 Å². The van der Waals surface area contributed by atoms with Crippen molar-refractivity contribution in [3.05, 3.63) is 89.5 Å². The summed E-state index contributed by atoms with van der Waals surface area (Å²) in [5.74, 6) is -0.147. The van der Waals surface area contributed by atoms with Crippen LogP contribution in [0.1, 0.15) is 16.1 Å². The number of halogens is 1. The van der Waals surface area contributed by atoms with E-state index in [1.54, 1.807) is 47.2 Å². The minimum absolute atomic E-state index is 0.0780. The van der Waals surface area contributed by atoms with Gasteiger partial charge in [0.25, 0.3) is 0 Å². The first kappa shape index (κ1) is 17.1. The van der Waals surface area contributed by atoms with Gasteiger partial charge in [-0.1, -0.05) is 29.8 Å². The van der Waals surface area contributed by atoms with Gasteiger partial charge in [0, 0.05) is 27.8 Å². The molecule has 2 aromatic heterocycles. The topological polar surface area (TPSA) is 64.2 Å². The number of anilines is 1. The van der Waals surface area contributed by atoms with E-state index >= 15 is 0 Å². The van der Waals surface area contributed by atoms with Gasteiger partial charge in [-0.25, -0.2) is 0 Å². The summed E-state index contributed by atoms with van der Waals surface area (Å²) >= 11 is 5.86. The molecule has 2 aromatic carbocycles. The second-order valence-corrected chi connectivity index (χ2v) is 6.49. The molecule has 1 N–H and O–H groups in total. The number of amides is 1. The number of nitrogens with zero attached hydrogens (tertiary/aromatic N) is 1. The molecule has 5 nitrogen and oxygen atoms in total. The van der Waals surface area contributed by atoms with E-state index in [0.29, 0.717) is 16.3 Å². The summed E-state index contributed by atoms with van der Waals surface area (Å²) in [7, 11) is 0. The Labute approximate surface area is 160 Å². The van der Waals surface area contributed by atoms with E-state index in [-0.39, 0.29) is 24.0 Å². The summed E-state index contributed by atoms with van der Waals surface area (Å²) in [6, 6.07) is 17.7. The summed E-state index contributed by atoms with van der Waals surface area (Å²) in [6.45, 7) is 0.0780. The lowest BCUT2D eigenvalue weighted by atomic mass is 10.1. The van der Waals surface area contributed by atoms with Gasteiger partial charge in [-0.05, 0) is 42.5 Å². The summed E-state index contributed by atoms with van der Waals surface area (Å²) < 4.78 is 6.99. The van der Waals surface area contributed by atoms with Crippen LogP contribution in [0, 0.1) is 0 Å².